The van der Waals surface area contributed by atoms with Crippen molar-refractivity contribution in [3.05, 3.63) is 64.7 Å². The highest BCUT2D eigenvalue weighted by Crippen LogP contribution is 2.33. The van der Waals surface area contributed by atoms with Crippen molar-refractivity contribution in [1.82, 2.24) is 5.32 Å². The number of amides is 1. The Morgan fingerprint density at radius 2 is 1.46 bits per heavy atom. The van der Waals surface area contributed by atoms with Crippen LogP contribution in [0.5, 0.6) is 0 Å². The molecule has 0 saturated heterocycles. The average Bonchev–Trinajstić information content (AvgIpc) is 2.73. The summed E-state index contributed by atoms with van der Waals surface area (Å²) in [5.74, 6) is -0.351. The van der Waals surface area contributed by atoms with Crippen LogP contribution in [0.4, 0.5) is 5.69 Å². The maximum absolute atomic E-state index is 13.1. The predicted molar refractivity (Wildman–Crippen MR) is 107 cm³/mol. The van der Waals surface area contributed by atoms with Crippen molar-refractivity contribution < 1.29 is 14.4 Å². The largest absolute Gasteiger partial charge is 0.382 e. The van der Waals surface area contributed by atoms with E-state index in [-0.39, 0.29) is 36.1 Å². The van der Waals surface area contributed by atoms with Crippen LogP contribution in [0.2, 0.25) is 0 Å². The fraction of sp³-hybridized carbons (Fsp3) is 0.318. The molecule has 4 rings (SSSR count). The van der Waals surface area contributed by atoms with E-state index in [1.807, 2.05) is 12.1 Å². The monoisotopic (exact) mass is 377 g/mol. The molecular weight excluding hydrogens is 354 g/mol. The summed E-state index contributed by atoms with van der Waals surface area (Å²) in [6.07, 6.45) is 3.46. The van der Waals surface area contributed by atoms with Gasteiger partial charge in [-0.05, 0) is 31.7 Å². The Kier molecular flexibility index (Phi) is 4.96. The highest BCUT2D eigenvalue weighted by molar-refractivity contribution is 6.30. The van der Waals surface area contributed by atoms with Crippen molar-refractivity contribution in [2.75, 3.05) is 11.9 Å². The van der Waals surface area contributed by atoms with Crippen molar-refractivity contribution in [1.29, 1.82) is 0 Å². The fourth-order valence-electron chi connectivity index (χ4n) is 4.15. The SMILES string of the molecule is NCC(=O)NC1CCC(Nc2cccc3c2C(=O)c2ccccc2C3=O)CC1. The van der Waals surface area contributed by atoms with Crippen LogP contribution >= 0.6 is 0 Å². The van der Waals surface area contributed by atoms with Gasteiger partial charge in [0.1, 0.15) is 0 Å². The van der Waals surface area contributed by atoms with Crippen LogP contribution < -0.4 is 16.4 Å². The van der Waals surface area contributed by atoms with Gasteiger partial charge in [0.25, 0.3) is 0 Å². The minimum absolute atomic E-state index is 0.00590. The first-order valence-electron chi connectivity index (χ1n) is 9.66. The molecule has 0 aliphatic heterocycles. The topological polar surface area (TPSA) is 101 Å². The average molecular weight is 377 g/mol. The van der Waals surface area contributed by atoms with E-state index in [0.29, 0.717) is 27.9 Å². The molecule has 0 spiro atoms. The van der Waals surface area contributed by atoms with E-state index in [0.717, 1.165) is 25.7 Å². The molecule has 4 N–H and O–H groups in total. The Hall–Kier alpha value is -2.99. The van der Waals surface area contributed by atoms with Gasteiger partial charge in [0, 0.05) is 34.5 Å². The van der Waals surface area contributed by atoms with Crippen LogP contribution in [0.25, 0.3) is 0 Å². The van der Waals surface area contributed by atoms with E-state index < -0.39 is 0 Å². The third kappa shape index (κ3) is 3.31. The molecule has 0 heterocycles. The molecule has 6 nitrogen and oxygen atoms in total. The quantitative estimate of drug-likeness (QED) is 0.647. The van der Waals surface area contributed by atoms with Crippen molar-refractivity contribution in [3.63, 3.8) is 0 Å². The summed E-state index contributed by atoms with van der Waals surface area (Å²) in [4.78, 5) is 37.4. The lowest BCUT2D eigenvalue weighted by Gasteiger charge is -2.31. The molecule has 6 heteroatoms. The van der Waals surface area contributed by atoms with Gasteiger partial charge in [-0.2, -0.15) is 0 Å². The molecule has 28 heavy (non-hydrogen) atoms. The molecule has 144 valence electrons. The number of hydrogen-bond donors (Lipinski definition) is 3. The van der Waals surface area contributed by atoms with Gasteiger partial charge in [0.15, 0.2) is 11.6 Å². The van der Waals surface area contributed by atoms with Crippen molar-refractivity contribution in [2.45, 2.75) is 37.8 Å². The van der Waals surface area contributed by atoms with Gasteiger partial charge in [-0.3, -0.25) is 14.4 Å². The maximum atomic E-state index is 13.1. The molecule has 0 aromatic heterocycles. The highest BCUT2D eigenvalue weighted by atomic mass is 16.2. The van der Waals surface area contributed by atoms with Gasteiger partial charge in [0.05, 0.1) is 12.1 Å². The van der Waals surface area contributed by atoms with Crippen LogP contribution in [0, 0.1) is 0 Å². The second-order valence-electron chi connectivity index (χ2n) is 7.40. The number of hydrogen-bond acceptors (Lipinski definition) is 5. The van der Waals surface area contributed by atoms with Gasteiger partial charge >= 0.3 is 0 Å². The molecule has 1 fully saturated rings. The second-order valence-corrected chi connectivity index (χ2v) is 7.40. The molecule has 2 aliphatic rings. The lowest BCUT2D eigenvalue weighted by Crippen LogP contribution is -2.42. The first-order chi connectivity index (χ1) is 13.6. The second kappa shape index (κ2) is 7.56. The summed E-state index contributed by atoms with van der Waals surface area (Å²) in [5.41, 5.74) is 7.91. The number of rotatable bonds is 4. The van der Waals surface area contributed by atoms with Gasteiger partial charge in [-0.15, -0.1) is 0 Å². The number of ketones is 2. The molecule has 2 aromatic carbocycles. The molecular formula is C22H23N3O3. The van der Waals surface area contributed by atoms with Crippen molar-refractivity contribution in [2.24, 2.45) is 5.73 Å². The zero-order chi connectivity index (χ0) is 19.7. The van der Waals surface area contributed by atoms with E-state index >= 15 is 0 Å². The Bertz CT molecular complexity index is 946. The first-order valence-corrected chi connectivity index (χ1v) is 9.66. The van der Waals surface area contributed by atoms with Crippen molar-refractivity contribution >= 4 is 23.2 Å². The number of nitrogens with two attached hydrogens (primary N) is 1. The molecule has 2 aliphatic carbocycles. The van der Waals surface area contributed by atoms with E-state index in [1.165, 1.54) is 0 Å². The fourth-order valence-corrected chi connectivity index (χ4v) is 4.15. The molecule has 0 bridgehead atoms. The number of nitrogens with one attached hydrogen (secondary N) is 2. The predicted octanol–water partition coefficient (Wildman–Crippen LogP) is 2.26. The molecule has 2 aromatic rings. The smallest absolute Gasteiger partial charge is 0.233 e. The van der Waals surface area contributed by atoms with Gasteiger partial charge in [-0.25, -0.2) is 0 Å². The van der Waals surface area contributed by atoms with E-state index in [2.05, 4.69) is 10.6 Å². The van der Waals surface area contributed by atoms with Gasteiger partial charge < -0.3 is 16.4 Å². The number of fused-ring (bicyclic) bond motifs is 2. The Balaban J connectivity index is 1.53. The summed E-state index contributed by atoms with van der Waals surface area (Å²) < 4.78 is 0. The summed E-state index contributed by atoms with van der Waals surface area (Å²) in [6, 6.07) is 12.7. The van der Waals surface area contributed by atoms with Crippen LogP contribution in [-0.2, 0) is 4.79 Å². The summed E-state index contributed by atoms with van der Waals surface area (Å²) in [7, 11) is 0. The first kappa shape index (κ1) is 18.4. The Morgan fingerprint density at radius 3 is 2.14 bits per heavy atom. The maximum Gasteiger partial charge on any atom is 0.233 e. The minimum atomic E-state index is -0.128. The number of carbonyl (C=O) groups excluding carboxylic acids is 3. The normalized spacial score (nSPS) is 20.9. The molecule has 1 saturated carbocycles. The van der Waals surface area contributed by atoms with E-state index in [4.69, 9.17) is 5.73 Å². The summed E-state index contributed by atoms with van der Waals surface area (Å²) in [5, 5.41) is 6.40. The molecule has 0 unspecified atom stereocenters. The molecule has 0 radical (unpaired) electrons. The number of anilines is 1. The van der Waals surface area contributed by atoms with Crippen molar-refractivity contribution in [3.8, 4) is 0 Å². The summed E-state index contributed by atoms with van der Waals surface area (Å²) in [6.45, 7) is 0.00590. The third-order valence-corrected chi connectivity index (χ3v) is 5.59. The van der Waals surface area contributed by atoms with Crippen LogP contribution in [0.15, 0.2) is 42.5 Å². The van der Waals surface area contributed by atoms with Gasteiger partial charge in [0.2, 0.25) is 5.91 Å². The van der Waals surface area contributed by atoms with Crippen LogP contribution in [0.1, 0.15) is 57.5 Å². The zero-order valence-electron chi connectivity index (χ0n) is 15.5. The Labute approximate surface area is 163 Å². The molecule has 0 atom stereocenters. The molecule has 1 amide bonds. The minimum Gasteiger partial charge on any atom is -0.382 e. The Morgan fingerprint density at radius 1 is 0.857 bits per heavy atom. The lowest BCUT2D eigenvalue weighted by atomic mass is 9.83. The van der Waals surface area contributed by atoms with Gasteiger partial charge in [-0.1, -0.05) is 36.4 Å². The zero-order valence-corrected chi connectivity index (χ0v) is 15.5. The van der Waals surface area contributed by atoms with E-state index in [9.17, 15) is 14.4 Å². The van der Waals surface area contributed by atoms with E-state index in [1.54, 1.807) is 30.3 Å². The van der Waals surface area contributed by atoms with Crippen LogP contribution in [0.3, 0.4) is 0 Å². The summed E-state index contributed by atoms with van der Waals surface area (Å²) >= 11 is 0. The lowest BCUT2D eigenvalue weighted by molar-refractivity contribution is -0.120. The standard InChI is InChI=1S/C22H23N3O3/c23-12-19(26)25-14-10-8-13(9-11-14)24-18-7-3-6-17-20(18)22(28)16-5-2-1-4-15(16)21(17)27/h1-7,13-14,24H,8-12,23H2,(H,25,26). The number of benzene rings is 2. The number of carbonyl (C=O) groups is 3. The van der Waals surface area contributed by atoms with Crippen LogP contribution in [-0.4, -0.2) is 36.1 Å². The highest BCUT2D eigenvalue weighted by Gasteiger charge is 2.32. The third-order valence-electron chi connectivity index (χ3n) is 5.59.